The Morgan fingerprint density at radius 2 is 1.87 bits per heavy atom. The van der Waals surface area contributed by atoms with Gasteiger partial charge in [-0.25, -0.2) is 4.39 Å². The van der Waals surface area contributed by atoms with Gasteiger partial charge >= 0.3 is 6.61 Å². The van der Waals surface area contributed by atoms with Crippen molar-refractivity contribution in [1.29, 1.82) is 0 Å². The van der Waals surface area contributed by atoms with Crippen LogP contribution >= 0.6 is 0 Å². The zero-order chi connectivity index (χ0) is 33.5. The van der Waals surface area contributed by atoms with E-state index in [9.17, 15) is 27.6 Å². The number of alkyl halides is 2. The Morgan fingerprint density at radius 3 is 2.48 bits per heavy atom. The van der Waals surface area contributed by atoms with Crippen LogP contribution in [-0.2, 0) is 27.3 Å². The fourth-order valence-electron chi connectivity index (χ4n) is 4.62. The molecule has 0 spiro atoms. The number of aromatic amines is 1. The van der Waals surface area contributed by atoms with Crippen molar-refractivity contribution in [2.24, 2.45) is 0 Å². The van der Waals surface area contributed by atoms with E-state index in [0.29, 0.717) is 25.2 Å². The van der Waals surface area contributed by atoms with Gasteiger partial charge in [-0.05, 0) is 68.1 Å². The first-order valence-electron chi connectivity index (χ1n) is 14.7. The van der Waals surface area contributed by atoms with E-state index in [1.165, 1.54) is 17.7 Å². The summed E-state index contributed by atoms with van der Waals surface area (Å²) >= 11 is 0. The Balaban J connectivity index is 0.000000263. The Labute approximate surface area is 265 Å². The number of nitrogens with one attached hydrogen (secondary N) is 3. The minimum absolute atomic E-state index is 0.103. The van der Waals surface area contributed by atoms with Gasteiger partial charge in [0.2, 0.25) is 12.3 Å². The summed E-state index contributed by atoms with van der Waals surface area (Å²) in [5, 5.41) is 6.23. The molecule has 2 aromatic carbocycles. The maximum atomic E-state index is 14.0. The number of pyridine rings is 1. The highest BCUT2D eigenvalue weighted by Crippen LogP contribution is 2.24. The first kappa shape index (κ1) is 35.6. The molecule has 13 heteroatoms. The second kappa shape index (κ2) is 18.2. The van der Waals surface area contributed by atoms with E-state index in [1.54, 1.807) is 29.4 Å². The Kier molecular flexibility index (Phi) is 14.0. The van der Waals surface area contributed by atoms with Crippen LogP contribution in [0, 0.1) is 5.82 Å². The van der Waals surface area contributed by atoms with Crippen molar-refractivity contribution < 1.29 is 37.0 Å². The van der Waals surface area contributed by atoms with Crippen LogP contribution in [0.1, 0.15) is 48.3 Å². The van der Waals surface area contributed by atoms with Gasteiger partial charge in [-0.2, -0.15) is 8.78 Å². The van der Waals surface area contributed by atoms with E-state index in [2.05, 4.69) is 32.3 Å². The molecule has 4 aromatic rings. The molecule has 3 heterocycles. The fourth-order valence-corrected chi connectivity index (χ4v) is 4.62. The van der Waals surface area contributed by atoms with Gasteiger partial charge in [-0.3, -0.25) is 19.4 Å². The molecule has 1 aliphatic rings. The number of H-pyrrole nitrogens is 1. The molecule has 2 aromatic heterocycles. The molecule has 0 saturated carbocycles. The summed E-state index contributed by atoms with van der Waals surface area (Å²) in [6, 6.07) is 15.4. The van der Waals surface area contributed by atoms with Gasteiger partial charge in [0, 0.05) is 60.3 Å². The number of carbonyl (C=O) groups is 3. The smallest absolute Gasteiger partial charge is 0.345 e. The van der Waals surface area contributed by atoms with Crippen LogP contribution in [0.15, 0.2) is 67.0 Å². The first-order chi connectivity index (χ1) is 22.1. The van der Waals surface area contributed by atoms with Gasteiger partial charge in [-0.15, -0.1) is 0 Å². The quantitative estimate of drug-likeness (QED) is 0.194. The number of nitrogens with zero attached hydrogens (tertiary/aromatic N) is 2. The number of likely N-dealkylation sites (tertiary alicyclic amines) is 1. The normalized spacial score (nSPS) is 13.7. The zero-order valence-corrected chi connectivity index (χ0v) is 25.9. The van der Waals surface area contributed by atoms with Crippen LogP contribution in [0.4, 0.5) is 13.2 Å². The van der Waals surface area contributed by atoms with Gasteiger partial charge in [0.15, 0.2) is 0 Å². The molecule has 0 bridgehead atoms. The molecule has 1 unspecified atom stereocenters. The molecule has 3 amide bonds. The monoisotopic (exact) mass is 641 g/mol. The molecule has 46 heavy (non-hydrogen) atoms. The number of carbonyl (C=O) groups excluding carboxylic acids is 3. The van der Waals surface area contributed by atoms with Crippen LogP contribution < -0.4 is 15.4 Å². The predicted molar refractivity (Wildman–Crippen MR) is 167 cm³/mol. The van der Waals surface area contributed by atoms with Gasteiger partial charge < -0.3 is 30.0 Å². The standard InChI is InChI=1S/C22H25FN2O3.C9H9N3O.C2H4F2O/c1-3-16-6-8-19(9-7-16)28-20-12-17(11-18(23)13-20)22(27)24-14-21(26)25-10-4-5-15(25)2;13-6-11-5-8-3-7-4-10-2-1-9(7)12-8;1-5-2(3)4/h6-9,11-13,15H,3-5,10,14H2,1-2H3,(H,24,27);1-4,6,12H,5H2,(H,11,13);2H,1H3. The average molecular weight is 642 g/mol. The number of amides is 3. The van der Waals surface area contributed by atoms with E-state index >= 15 is 0 Å². The number of rotatable bonds is 10. The molecule has 10 nitrogen and oxygen atoms in total. The number of aryl methyl sites for hydroxylation is 1. The highest BCUT2D eigenvalue weighted by Gasteiger charge is 2.25. The molecule has 246 valence electrons. The molecule has 0 radical (unpaired) electrons. The lowest BCUT2D eigenvalue weighted by Crippen LogP contribution is -2.41. The highest BCUT2D eigenvalue weighted by molar-refractivity contribution is 5.96. The SMILES string of the molecule is CCc1ccc(Oc2cc(F)cc(C(=O)NCC(=O)N3CCCC3C)c2)cc1.COC(F)F.O=CNCc1cc2cnccc2[nH]1. The van der Waals surface area contributed by atoms with Gasteiger partial charge in [0.05, 0.1) is 13.1 Å². The molecular weight excluding hydrogens is 603 g/mol. The predicted octanol–water partition coefficient (Wildman–Crippen LogP) is 5.59. The molecule has 1 saturated heterocycles. The zero-order valence-electron chi connectivity index (χ0n) is 25.9. The number of hydrogen-bond donors (Lipinski definition) is 3. The lowest BCUT2D eigenvalue weighted by atomic mass is 10.1. The third-order valence-electron chi connectivity index (χ3n) is 7.01. The Hall–Kier alpha value is -4.91. The summed E-state index contributed by atoms with van der Waals surface area (Å²) in [6.45, 7) is 2.57. The lowest BCUT2D eigenvalue weighted by molar-refractivity contribution is -0.130. The number of aromatic nitrogens is 2. The maximum absolute atomic E-state index is 14.0. The lowest BCUT2D eigenvalue weighted by Gasteiger charge is -2.21. The largest absolute Gasteiger partial charge is 0.457 e. The number of methoxy groups -OCH3 is 1. The molecule has 3 N–H and O–H groups in total. The summed E-state index contributed by atoms with van der Waals surface area (Å²) in [7, 11) is 0.949. The van der Waals surface area contributed by atoms with E-state index in [1.807, 2.05) is 31.2 Å². The molecule has 0 aliphatic carbocycles. The second-order valence-electron chi connectivity index (χ2n) is 10.3. The number of fused-ring (bicyclic) bond motifs is 1. The second-order valence-corrected chi connectivity index (χ2v) is 10.3. The van der Waals surface area contributed by atoms with Crippen molar-refractivity contribution in [3.63, 3.8) is 0 Å². The minimum Gasteiger partial charge on any atom is -0.457 e. The third kappa shape index (κ3) is 11.2. The fraction of sp³-hybridized carbons (Fsp3) is 0.333. The van der Waals surface area contributed by atoms with Crippen molar-refractivity contribution >= 4 is 29.1 Å². The summed E-state index contributed by atoms with van der Waals surface area (Å²) in [5.74, 6) is -0.415. The van der Waals surface area contributed by atoms with Crippen LogP contribution in [-0.4, -0.2) is 65.9 Å². The summed E-state index contributed by atoms with van der Waals surface area (Å²) in [4.78, 5) is 43.6. The summed E-state index contributed by atoms with van der Waals surface area (Å²) in [6.07, 6.45) is 7.07. The third-order valence-corrected chi connectivity index (χ3v) is 7.01. The Morgan fingerprint density at radius 1 is 1.13 bits per heavy atom. The molecule has 5 rings (SSSR count). The number of benzene rings is 2. The number of ether oxygens (including phenoxy) is 2. The first-order valence-corrected chi connectivity index (χ1v) is 14.7. The van der Waals surface area contributed by atoms with Crippen molar-refractivity contribution in [3.05, 3.63) is 89.6 Å². The molecule has 1 fully saturated rings. The van der Waals surface area contributed by atoms with Crippen molar-refractivity contribution in [3.8, 4) is 11.5 Å². The highest BCUT2D eigenvalue weighted by atomic mass is 19.3. The maximum Gasteiger partial charge on any atom is 0.345 e. The van der Waals surface area contributed by atoms with E-state index in [4.69, 9.17) is 4.74 Å². The van der Waals surface area contributed by atoms with Gasteiger partial charge in [0.25, 0.3) is 5.91 Å². The van der Waals surface area contributed by atoms with E-state index in [-0.39, 0.29) is 29.8 Å². The van der Waals surface area contributed by atoms with Crippen molar-refractivity contribution in [2.75, 3.05) is 20.2 Å². The average Bonchev–Trinajstić information content (AvgIpc) is 3.68. The van der Waals surface area contributed by atoms with Gasteiger partial charge in [0.1, 0.15) is 17.3 Å². The van der Waals surface area contributed by atoms with Crippen LogP contribution in [0.25, 0.3) is 10.9 Å². The van der Waals surface area contributed by atoms with Crippen LogP contribution in [0.3, 0.4) is 0 Å². The van der Waals surface area contributed by atoms with E-state index < -0.39 is 18.3 Å². The number of hydrogen-bond acceptors (Lipinski definition) is 6. The Bertz CT molecular complexity index is 1530. The van der Waals surface area contributed by atoms with Crippen LogP contribution in [0.5, 0.6) is 11.5 Å². The van der Waals surface area contributed by atoms with Gasteiger partial charge in [-0.1, -0.05) is 19.1 Å². The topological polar surface area (TPSA) is 126 Å². The van der Waals surface area contributed by atoms with Crippen molar-refractivity contribution in [2.45, 2.75) is 52.3 Å². The minimum atomic E-state index is -2.62. The molecule has 1 atom stereocenters. The van der Waals surface area contributed by atoms with Crippen LogP contribution in [0.2, 0.25) is 0 Å². The van der Waals surface area contributed by atoms with Crippen molar-refractivity contribution in [1.82, 2.24) is 25.5 Å². The molecule has 1 aliphatic heterocycles. The summed E-state index contributed by atoms with van der Waals surface area (Å²) in [5.41, 5.74) is 3.30. The number of halogens is 3. The molecular formula is C33H38F3N5O5. The summed E-state index contributed by atoms with van der Waals surface area (Å²) < 4.78 is 44.1. The van der Waals surface area contributed by atoms with E-state index in [0.717, 1.165) is 49.0 Å².